The lowest BCUT2D eigenvalue weighted by atomic mass is 9.98. The molecule has 0 bridgehead atoms. The van der Waals surface area contributed by atoms with Gasteiger partial charge in [-0.1, -0.05) is 85.7 Å². The quantitative estimate of drug-likeness (QED) is 0.302. The number of amides is 5. The Balaban J connectivity index is 2.59. The summed E-state index contributed by atoms with van der Waals surface area (Å²) < 4.78 is 0. The SMILES string of the molecule is CC(C)C[C@@H]1NC(=O)[C@H](CC(C)C)NC(=O)[C@@H](Cc2ccccc2)NC(=O)[C@H](CC(C)C)NC(=O)[C@H](C(C)C)NC1=O. The molecule has 0 spiro atoms. The summed E-state index contributed by atoms with van der Waals surface area (Å²) in [6, 6.07) is 4.61. The first kappa shape index (κ1) is 34.8. The largest absolute Gasteiger partial charge is 0.343 e. The van der Waals surface area contributed by atoms with Gasteiger partial charge in [0, 0.05) is 6.42 Å². The van der Waals surface area contributed by atoms with Crippen molar-refractivity contribution in [2.24, 2.45) is 23.7 Å². The summed E-state index contributed by atoms with van der Waals surface area (Å²) in [7, 11) is 0. The second kappa shape index (κ2) is 16.3. The molecule has 10 heteroatoms. The lowest BCUT2D eigenvalue weighted by Crippen LogP contribution is -2.59. The minimum Gasteiger partial charge on any atom is -0.343 e. The van der Waals surface area contributed by atoms with Gasteiger partial charge in [0.25, 0.3) is 0 Å². The molecule has 42 heavy (non-hydrogen) atoms. The molecular weight excluding hydrogens is 534 g/mol. The molecule has 1 fully saturated rings. The lowest BCUT2D eigenvalue weighted by Gasteiger charge is -2.28. The number of hydrogen-bond acceptors (Lipinski definition) is 5. The zero-order valence-electron chi connectivity index (χ0n) is 26.5. The first-order valence-corrected chi connectivity index (χ1v) is 15.2. The molecule has 1 aromatic carbocycles. The van der Waals surface area contributed by atoms with E-state index in [2.05, 4.69) is 26.6 Å². The number of nitrogens with one attached hydrogen (secondary N) is 5. The highest BCUT2D eigenvalue weighted by molar-refractivity contribution is 5.98. The molecule has 0 aromatic heterocycles. The summed E-state index contributed by atoms with van der Waals surface area (Å²) in [5.41, 5.74) is 0.830. The van der Waals surface area contributed by atoms with Gasteiger partial charge in [0.2, 0.25) is 29.5 Å². The van der Waals surface area contributed by atoms with Crippen LogP contribution < -0.4 is 26.6 Å². The van der Waals surface area contributed by atoms with Crippen molar-refractivity contribution in [1.82, 2.24) is 26.6 Å². The monoisotopic (exact) mass is 585 g/mol. The van der Waals surface area contributed by atoms with Crippen LogP contribution in [-0.2, 0) is 30.4 Å². The van der Waals surface area contributed by atoms with Crippen LogP contribution >= 0.6 is 0 Å². The predicted molar refractivity (Wildman–Crippen MR) is 163 cm³/mol. The van der Waals surface area contributed by atoms with Crippen LogP contribution in [0.2, 0.25) is 0 Å². The lowest BCUT2D eigenvalue weighted by molar-refractivity contribution is -0.135. The molecule has 0 radical (unpaired) electrons. The molecule has 0 unspecified atom stereocenters. The van der Waals surface area contributed by atoms with E-state index < -0.39 is 59.7 Å². The number of hydrogen-bond donors (Lipinski definition) is 5. The first-order valence-electron chi connectivity index (χ1n) is 15.2. The van der Waals surface area contributed by atoms with Gasteiger partial charge >= 0.3 is 0 Å². The second-order valence-electron chi connectivity index (χ2n) is 13.1. The maximum atomic E-state index is 13.7. The molecule has 2 rings (SSSR count). The van der Waals surface area contributed by atoms with Crippen LogP contribution in [0.4, 0.5) is 0 Å². The summed E-state index contributed by atoms with van der Waals surface area (Å²) in [5, 5.41) is 14.2. The van der Waals surface area contributed by atoms with E-state index >= 15 is 0 Å². The second-order valence-corrected chi connectivity index (χ2v) is 13.1. The topological polar surface area (TPSA) is 146 Å². The first-order chi connectivity index (χ1) is 19.7. The number of carbonyl (C=O) groups is 5. The van der Waals surface area contributed by atoms with Crippen LogP contribution in [0, 0.1) is 23.7 Å². The highest BCUT2D eigenvalue weighted by atomic mass is 16.2. The van der Waals surface area contributed by atoms with Crippen LogP contribution in [-0.4, -0.2) is 59.7 Å². The number of rotatable bonds is 9. The van der Waals surface area contributed by atoms with Crippen LogP contribution in [0.25, 0.3) is 0 Å². The fraction of sp³-hybridized carbons (Fsp3) is 0.656. The molecule has 0 aliphatic carbocycles. The maximum Gasteiger partial charge on any atom is 0.243 e. The molecule has 1 saturated heterocycles. The molecule has 5 amide bonds. The van der Waals surface area contributed by atoms with Crippen molar-refractivity contribution >= 4 is 29.5 Å². The fourth-order valence-electron chi connectivity index (χ4n) is 5.04. The van der Waals surface area contributed by atoms with E-state index in [0.29, 0.717) is 19.3 Å². The van der Waals surface area contributed by atoms with Crippen molar-refractivity contribution < 1.29 is 24.0 Å². The summed E-state index contributed by atoms with van der Waals surface area (Å²) in [5.74, 6) is -2.57. The van der Waals surface area contributed by atoms with Gasteiger partial charge in [-0.05, 0) is 48.5 Å². The van der Waals surface area contributed by atoms with Gasteiger partial charge in [-0.3, -0.25) is 24.0 Å². The van der Waals surface area contributed by atoms with Gasteiger partial charge < -0.3 is 26.6 Å². The van der Waals surface area contributed by atoms with Gasteiger partial charge in [0.05, 0.1) is 0 Å². The highest BCUT2D eigenvalue weighted by Crippen LogP contribution is 2.14. The van der Waals surface area contributed by atoms with Crippen LogP contribution in [0.3, 0.4) is 0 Å². The summed E-state index contributed by atoms with van der Waals surface area (Å²) in [6.07, 6.45) is 1.21. The zero-order valence-corrected chi connectivity index (χ0v) is 26.5. The van der Waals surface area contributed by atoms with Crippen molar-refractivity contribution in [3.8, 4) is 0 Å². The maximum absolute atomic E-state index is 13.7. The van der Waals surface area contributed by atoms with Crippen molar-refractivity contribution in [3.05, 3.63) is 35.9 Å². The molecule has 0 saturated carbocycles. The highest BCUT2D eigenvalue weighted by Gasteiger charge is 2.36. The third kappa shape index (κ3) is 11.1. The van der Waals surface area contributed by atoms with Crippen molar-refractivity contribution in [1.29, 1.82) is 0 Å². The Morgan fingerprint density at radius 1 is 0.500 bits per heavy atom. The Morgan fingerprint density at radius 2 is 0.857 bits per heavy atom. The van der Waals surface area contributed by atoms with Gasteiger partial charge in [0.15, 0.2) is 0 Å². The van der Waals surface area contributed by atoms with Crippen LogP contribution in [0.1, 0.15) is 80.2 Å². The average molecular weight is 586 g/mol. The van der Waals surface area contributed by atoms with E-state index in [4.69, 9.17) is 0 Å². The third-order valence-electron chi connectivity index (χ3n) is 7.18. The van der Waals surface area contributed by atoms with Crippen LogP contribution in [0.5, 0.6) is 0 Å². The Bertz CT molecular complexity index is 1070. The average Bonchev–Trinajstić information content (AvgIpc) is 2.89. The molecule has 234 valence electrons. The van der Waals surface area contributed by atoms with E-state index in [1.165, 1.54) is 0 Å². The summed E-state index contributed by atoms with van der Waals surface area (Å²) in [4.78, 5) is 68.0. The Labute approximate surface area is 250 Å². The predicted octanol–water partition coefficient (Wildman–Crippen LogP) is 2.46. The third-order valence-corrected chi connectivity index (χ3v) is 7.18. The Hall–Kier alpha value is -3.43. The van der Waals surface area contributed by atoms with E-state index in [-0.39, 0.29) is 30.1 Å². The van der Waals surface area contributed by atoms with Crippen molar-refractivity contribution in [2.45, 2.75) is 111 Å². The molecule has 5 atom stereocenters. The minimum atomic E-state index is -0.994. The van der Waals surface area contributed by atoms with Crippen molar-refractivity contribution in [3.63, 3.8) is 0 Å². The smallest absolute Gasteiger partial charge is 0.243 e. The van der Waals surface area contributed by atoms with Gasteiger partial charge in [-0.25, -0.2) is 0 Å². The minimum absolute atomic E-state index is 0.0595. The molecular formula is C32H51N5O5. The summed E-state index contributed by atoms with van der Waals surface area (Å²) >= 11 is 0. The standard InChI is InChI=1S/C32H51N5O5/c1-18(2)14-23-28(38)34-25(16-20(5)6)31(41)37-27(21(7)8)32(42)36-24(15-19(3)4)29(39)35-26(30(40)33-23)17-22-12-10-9-11-13-22/h9-13,18-21,23-27H,14-17H2,1-8H3,(H,33,40)(H,34,38)(H,35,39)(H,36,42)(H,37,41)/t23-,24-,25-,26+,27-/m0/s1. The summed E-state index contributed by atoms with van der Waals surface area (Å²) in [6.45, 7) is 15.3. The molecule has 10 nitrogen and oxygen atoms in total. The normalized spacial score (nSPS) is 25.0. The van der Waals surface area contributed by atoms with E-state index in [9.17, 15) is 24.0 Å². The Kier molecular flexibility index (Phi) is 13.5. The fourth-order valence-corrected chi connectivity index (χ4v) is 5.04. The Morgan fingerprint density at radius 3 is 1.26 bits per heavy atom. The van der Waals surface area contributed by atoms with E-state index in [1.54, 1.807) is 0 Å². The molecule has 1 heterocycles. The van der Waals surface area contributed by atoms with Crippen LogP contribution in [0.15, 0.2) is 30.3 Å². The number of carbonyl (C=O) groups excluding carboxylic acids is 5. The van der Waals surface area contributed by atoms with E-state index in [1.807, 2.05) is 85.7 Å². The van der Waals surface area contributed by atoms with Gasteiger partial charge in [-0.2, -0.15) is 0 Å². The molecule has 1 aromatic rings. The molecule has 1 aliphatic heterocycles. The van der Waals surface area contributed by atoms with Crippen molar-refractivity contribution in [2.75, 3.05) is 0 Å². The number of benzene rings is 1. The van der Waals surface area contributed by atoms with Gasteiger partial charge in [0.1, 0.15) is 30.2 Å². The van der Waals surface area contributed by atoms with Gasteiger partial charge in [-0.15, -0.1) is 0 Å². The molecule has 1 aliphatic rings. The van der Waals surface area contributed by atoms with E-state index in [0.717, 1.165) is 5.56 Å². The molecule has 5 N–H and O–H groups in total. The zero-order chi connectivity index (χ0) is 31.6.